The van der Waals surface area contributed by atoms with E-state index < -0.39 is 6.09 Å². The molecule has 3 nitrogen and oxygen atoms in total. The smallest absolute Gasteiger partial charge is 0.433 e. The van der Waals surface area contributed by atoms with E-state index in [4.69, 9.17) is 4.74 Å². The molecule has 0 unspecified atom stereocenters. The molecule has 1 aliphatic rings. The molecule has 0 aromatic heterocycles. The maximum atomic E-state index is 11.5. The molecule has 1 saturated carbocycles. The van der Waals surface area contributed by atoms with Gasteiger partial charge < -0.3 is 4.74 Å². The Balaban J connectivity index is 1.84. The summed E-state index contributed by atoms with van der Waals surface area (Å²) in [5.74, 6) is 0. The number of nitrogens with zero attached hydrogens (tertiary/aromatic N) is 1. The van der Waals surface area contributed by atoms with Crippen molar-refractivity contribution in [3.63, 3.8) is 0 Å². The van der Waals surface area contributed by atoms with E-state index >= 15 is 0 Å². The van der Waals surface area contributed by atoms with Crippen molar-refractivity contribution in [1.82, 2.24) is 0 Å². The SMILES string of the molecule is Cc1ccc(/C=N/C(=O)OC2CCCCC2)cc1. The van der Waals surface area contributed by atoms with Gasteiger partial charge in [0.2, 0.25) is 0 Å². The predicted octanol–water partition coefficient (Wildman–Crippen LogP) is 3.88. The van der Waals surface area contributed by atoms with Crippen LogP contribution < -0.4 is 0 Å². The maximum absolute atomic E-state index is 11.5. The fraction of sp³-hybridized carbons (Fsp3) is 0.467. The van der Waals surface area contributed by atoms with Crippen LogP contribution >= 0.6 is 0 Å². The highest BCUT2D eigenvalue weighted by Crippen LogP contribution is 2.20. The summed E-state index contributed by atoms with van der Waals surface area (Å²) >= 11 is 0. The lowest BCUT2D eigenvalue weighted by atomic mass is 9.98. The van der Waals surface area contributed by atoms with Crippen molar-refractivity contribution in [2.45, 2.75) is 45.1 Å². The van der Waals surface area contributed by atoms with Crippen LogP contribution in [-0.4, -0.2) is 18.4 Å². The summed E-state index contributed by atoms with van der Waals surface area (Å²) in [7, 11) is 0. The van der Waals surface area contributed by atoms with E-state index in [0.717, 1.165) is 31.2 Å². The van der Waals surface area contributed by atoms with Gasteiger partial charge in [0.1, 0.15) is 6.10 Å². The molecule has 0 bridgehead atoms. The molecule has 0 N–H and O–H groups in total. The number of carbonyl (C=O) groups excluding carboxylic acids is 1. The van der Waals surface area contributed by atoms with Gasteiger partial charge in [0.25, 0.3) is 0 Å². The Kier molecular flexibility index (Phi) is 4.51. The van der Waals surface area contributed by atoms with Crippen molar-refractivity contribution in [3.8, 4) is 0 Å². The molecular weight excluding hydrogens is 226 g/mol. The Morgan fingerprint density at radius 3 is 2.56 bits per heavy atom. The molecule has 2 rings (SSSR count). The quantitative estimate of drug-likeness (QED) is 0.741. The first-order valence-electron chi connectivity index (χ1n) is 6.55. The standard InChI is InChI=1S/C15H19NO2/c1-12-7-9-13(10-8-12)11-16-15(17)18-14-5-3-2-4-6-14/h7-11,14H,2-6H2,1H3/b16-11+. The van der Waals surface area contributed by atoms with Crippen molar-refractivity contribution >= 4 is 12.3 Å². The number of amides is 1. The van der Waals surface area contributed by atoms with Gasteiger partial charge >= 0.3 is 6.09 Å². The largest absolute Gasteiger partial charge is 0.445 e. The minimum atomic E-state index is -0.470. The van der Waals surface area contributed by atoms with Crippen molar-refractivity contribution in [3.05, 3.63) is 35.4 Å². The second kappa shape index (κ2) is 6.34. The number of hydrogen-bond donors (Lipinski definition) is 0. The zero-order chi connectivity index (χ0) is 12.8. The highest BCUT2D eigenvalue weighted by Gasteiger charge is 2.16. The Morgan fingerprint density at radius 2 is 1.89 bits per heavy atom. The zero-order valence-corrected chi connectivity index (χ0v) is 10.8. The van der Waals surface area contributed by atoms with Crippen LogP contribution in [0.2, 0.25) is 0 Å². The lowest BCUT2D eigenvalue weighted by molar-refractivity contribution is 0.0834. The van der Waals surface area contributed by atoms with Gasteiger partial charge in [0.05, 0.1) is 0 Å². The molecule has 18 heavy (non-hydrogen) atoms. The second-order valence-corrected chi connectivity index (χ2v) is 4.81. The van der Waals surface area contributed by atoms with Crippen LogP contribution in [-0.2, 0) is 4.74 Å². The van der Waals surface area contributed by atoms with Crippen LogP contribution in [0, 0.1) is 6.92 Å². The lowest BCUT2D eigenvalue weighted by Gasteiger charge is -2.20. The van der Waals surface area contributed by atoms with Crippen LogP contribution in [0.15, 0.2) is 29.3 Å². The average Bonchev–Trinajstić information content (AvgIpc) is 2.39. The Labute approximate surface area is 108 Å². The fourth-order valence-corrected chi connectivity index (χ4v) is 2.14. The molecule has 0 saturated heterocycles. The zero-order valence-electron chi connectivity index (χ0n) is 10.8. The number of ether oxygens (including phenoxy) is 1. The summed E-state index contributed by atoms with van der Waals surface area (Å²) in [5, 5.41) is 0. The van der Waals surface area contributed by atoms with E-state index in [0.29, 0.717) is 0 Å². The monoisotopic (exact) mass is 245 g/mol. The van der Waals surface area contributed by atoms with Crippen molar-refractivity contribution in [2.24, 2.45) is 4.99 Å². The van der Waals surface area contributed by atoms with Gasteiger partial charge in [0.15, 0.2) is 0 Å². The lowest BCUT2D eigenvalue weighted by Crippen LogP contribution is -2.19. The van der Waals surface area contributed by atoms with Gasteiger partial charge in [-0.1, -0.05) is 36.2 Å². The third-order valence-corrected chi connectivity index (χ3v) is 3.22. The molecule has 1 aromatic carbocycles. The minimum Gasteiger partial charge on any atom is -0.445 e. The van der Waals surface area contributed by atoms with E-state index in [1.807, 2.05) is 31.2 Å². The Morgan fingerprint density at radius 1 is 1.22 bits per heavy atom. The number of hydrogen-bond acceptors (Lipinski definition) is 2. The summed E-state index contributed by atoms with van der Waals surface area (Å²) in [5.41, 5.74) is 2.11. The number of rotatable bonds is 2. The molecular formula is C15H19NO2. The second-order valence-electron chi connectivity index (χ2n) is 4.81. The van der Waals surface area contributed by atoms with Gasteiger partial charge in [-0.25, -0.2) is 4.79 Å². The first-order valence-corrected chi connectivity index (χ1v) is 6.55. The molecule has 0 spiro atoms. The number of aryl methyl sites for hydroxylation is 1. The highest BCUT2D eigenvalue weighted by atomic mass is 16.6. The number of benzene rings is 1. The first kappa shape index (κ1) is 12.8. The van der Waals surface area contributed by atoms with E-state index in [1.54, 1.807) is 6.21 Å². The Bertz CT molecular complexity index is 417. The summed E-state index contributed by atoms with van der Waals surface area (Å²) in [6.07, 6.45) is 6.67. The molecule has 1 fully saturated rings. The van der Waals surface area contributed by atoms with E-state index in [2.05, 4.69) is 4.99 Å². The molecule has 1 aliphatic carbocycles. The van der Waals surface area contributed by atoms with E-state index in [9.17, 15) is 4.79 Å². The van der Waals surface area contributed by atoms with Gasteiger partial charge in [-0.05, 0) is 38.2 Å². The molecule has 0 atom stereocenters. The summed E-state index contributed by atoms with van der Waals surface area (Å²) in [6.45, 7) is 2.03. The van der Waals surface area contributed by atoms with E-state index in [-0.39, 0.29) is 6.10 Å². The number of carbonyl (C=O) groups is 1. The van der Waals surface area contributed by atoms with Crippen LogP contribution in [0.5, 0.6) is 0 Å². The van der Waals surface area contributed by atoms with Crippen molar-refractivity contribution < 1.29 is 9.53 Å². The summed E-state index contributed by atoms with van der Waals surface area (Å²) in [6, 6.07) is 7.86. The molecule has 1 aromatic rings. The number of aliphatic imine (C=N–C) groups is 1. The van der Waals surface area contributed by atoms with Crippen molar-refractivity contribution in [2.75, 3.05) is 0 Å². The first-order chi connectivity index (χ1) is 8.74. The highest BCUT2D eigenvalue weighted by molar-refractivity contribution is 5.88. The van der Waals surface area contributed by atoms with Crippen LogP contribution in [0.3, 0.4) is 0 Å². The normalized spacial score (nSPS) is 16.9. The molecule has 3 heteroatoms. The topological polar surface area (TPSA) is 38.7 Å². The van der Waals surface area contributed by atoms with Gasteiger partial charge in [-0.15, -0.1) is 0 Å². The molecule has 96 valence electrons. The summed E-state index contributed by atoms with van der Waals surface area (Å²) in [4.78, 5) is 15.4. The van der Waals surface area contributed by atoms with Crippen LogP contribution in [0.1, 0.15) is 43.2 Å². The van der Waals surface area contributed by atoms with Crippen LogP contribution in [0.25, 0.3) is 0 Å². The van der Waals surface area contributed by atoms with Crippen LogP contribution in [0.4, 0.5) is 4.79 Å². The van der Waals surface area contributed by atoms with Gasteiger partial charge in [0, 0.05) is 6.21 Å². The molecule has 0 radical (unpaired) electrons. The van der Waals surface area contributed by atoms with Gasteiger partial charge in [-0.3, -0.25) is 0 Å². The van der Waals surface area contributed by atoms with E-state index in [1.165, 1.54) is 12.0 Å². The minimum absolute atomic E-state index is 0.0708. The molecule has 1 amide bonds. The summed E-state index contributed by atoms with van der Waals surface area (Å²) < 4.78 is 5.30. The third kappa shape index (κ3) is 3.99. The maximum Gasteiger partial charge on any atom is 0.433 e. The third-order valence-electron chi connectivity index (χ3n) is 3.22. The van der Waals surface area contributed by atoms with Crippen molar-refractivity contribution in [1.29, 1.82) is 0 Å². The average molecular weight is 245 g/mol. The fourth-order valence-electron chi connectivity index (χ4n) is 2.14. The Hall–Kier alpha value is -1.64. The predicted molar refractivity (Wildman–Crippen MR) is 72.1 cm³/mol. The van der Waals surface area contributed by atoms with Gasteiger partial charge in [-0.2, -0.15) is 4.99 Å². The molecule has 0 aliphatic heterocycles. The molecule has 0 heterocycles.